The van der Waals surface area contributed by atoms with E-state index in [4.69, 9.17) is 5.73 Å². The van der Waals surface area contributed by atoms with Gasteiger partial charge in [0.1, 0.15) is 0 Å². The molecule has 0 radical (unpaired) electrons. The van der Waals surface area contributed by atoms with Crippen molar-refractivity contribution in [2.24, 2.45) is 5.73 Å². The summed E-state index contributed by atoms with van der Waals surface area (Å²) in [6.07, 6.45) is 7.85. The third-order valence-electron chi connectivity index (χ3n) is 3.94. The minimum absolute atomic E-state index is 0.00363. The monoisotopic (exact) mass is 278 g/mol. The zero-order valence-electron chi connectivity index (χ0n) is 12.8. The molecule has 2 heterocycles. The SMILES string of the molecule is CC(C)(C)n1ccnc(N2CCCCC2CCN)c1=O. The van der Waals surface area contributed by atoms with E-state index in [0.29, 0.717) is 18.4 Å². The van der Waals surface area contributed by atoms with Crippen molar-refractivity contribution in [2.75, 3.05) is 18.0 Å². The zero-order chi connectivity index (χ0) is 14.8. The van der Waals surface area contributed by atoms with E-state index >= 15 is 0 Å². The van der Waals surface area contributed by atoms with E-state index in [1.165, 1.54) is 6.42 Å². The Morgan fingerprint density at radius 3 is 2.80 bits per heavy atom. The van der Waals surface area contributed by atoms with Crippen LogP contribution in [0.15, 0.2) is 17.2 Å². The summed E-state index contributed by atoms with van der Waals surface area (Å²) in [5.74, 6) is 0.584. The lowest BCUT2D eigenvalue weighted by Gasteiger charge is -2.36. The number of rotatable bonds is 3. The lowest BCUT2D eigenvalue weighted by atomic mass is 9.99. The Morgan fingerprint density at radius 2 is 2.15 bits per heavy atom. The average Bonchev–Trinajstić information content (AvgIpc) is 2.39. The molecule has 112 valence electrons. The number of nitrogens with zero attached hydrogens (tertiary/aromatic N) is 3. The fraction of sp³-hybridized carbons (Fsp3) is 0.733. The lowest BCUT2D eigenvalue weighted by molar-refractivity contribution is 0.378. The Kier molecular flexibility index (Phi) is 4.48. The highest BCUT2D eigenvalue weighted by atomic mass is 16.1. The number of nitrogens with two attached hydrogens (primary N) is 1. The second kappa shape index (κ2) is 5.95. The van der Waals surface area contributed by atoms with Crippen molar-refractivity contribution in [3.05, 3.63) is 22.7 Å². The topological polar surface area (TPSA) is 64.2 Å². The maximum absolute atomic E-state index is 12.7. The molecule has 0 aromatic carbocycles. The van der Waals surface area contributed by atoms with Gasteiger partial charge in [-0.2, -0.15) is 0 Å². The van der Waals surface area contributed by atoms with Gasteiger partial charge in [0.15, 0.2) is 5.82 Å². The molecule has 1 aliphatic heterocycles. The van der Waals surface area contributed by atoms with Crippen LogP contribution in [0.1, 0.15) is 46.5 Å². The maximum atomic E-state index is 12.7. The van der Waals surface area contributed by atoms with Gasteiger partial charge in [0.2, 0.25) is 0 Å². The normalized spacial score (nSPS) is 20.2. The largest absolute Gasteiger partial charge is 0.349 e. The van der Waals surface area contributed by atoms with Crippen LogP contribution in [0.5, 0.6) is 0 Å². The molecule has 1 aliphatic rings. The van der Waals surface area contributed by atoms with Crippen LogP contribution < -0.4 is 16.2 Å². The third-order valence-corrected chi connectivity index (χ3v) is 3.94. The number of anilines is 1. The number of hydrogen-bond donors (Lipinski definition) is 1. The summed E-state index contributed by atoms with van der Waals surface area (Å²) in [5, 5.41) is 0. The molecule has 1 unspecified atom stereocenters. The van der Waals surface area contributed by atoms with Crippen LogP contribution in [-0.4, -0.2) is 28.7 Å². The Balaban J connectivity index is 2.39. The first-order valence-electron chi connectivity index (χ1n) is 7.50. The smallest absolute Gasteiger partial charge is 0.293 e. The van der Waals surface area contributed by atoms with Crippen LogP contribution in [0.2, 0.25) is 0 Å². The predicted octanol–water partition coefficient (Wildman–Crippen LogP) is 1.71. The summed E-state index contributed by atoms with van der Waals surface area (Å²) in [6.45, 7) is 7.66. The minimum atomic E-state index is -0.228. The Morgan fingerprint density at radius 1 is 1.40 bits per heavy atom. The van der Waals surface area contributed by atoms with Crippen molar-refractivity contribution in [3.8, 4) is 0 Å². The summed E-state index contributed by atoms with van der Waals surface area (Å²) in [6, 6.07) is 0.352. The summed E-state index contributed by atoms with van der Waals surface area (Å²) in [4.78, 5) is 19.2. The second-order valence-electron chi connectivity index (χ2n) is 6.52. The molecule has 5 heteroatoms. The second-order valence-corrected chi connectivity index (χ2v) is 6.52. The Hall–Kier alpha value is -1.36. The number of hydrogen-bond acceptors (Lipinski definition) is 4. The average molecular weight is 278 g/mol. The van der Waals surface area contributed by atoms with Crippen LogP contribution in [0.4, 0.5) is 5.82 Å². The highest BCUT2D eigenvalue weighted by molar-refractivity contribution is 5.38. The van der Waals surface area contributed by atoms with Crippen LogP contribution in [0.3, 0.4) is 0 Å². The summed E-state index contributed by atoms with van der Waals surface area (Å²) < 4.78 is 1.77. The van der Waals surface area contributed by atoms with Gasteiger partial charge in [-0.3, -0.25) is 4.79 Å². The third kappa shape index (κ3) is 3.03. The van der Waals surface area contributed by atoms with E-state index < -0.39 is 0 Å². The molecule has 0 bridgehead atoms. The van der Waals surface area contributed by atoms with Crippen molar-refractivity contribution >= 4 is 5.82 Å². The highest BCUT2D eigenvalue weighted by Crippen LogP contribution is 2.23. The number of aromatic nitrogens is 2. The molecule has 0 aliphatic carbocycles. The van der Waals surface area contributed by atoms with E-state index in [1.807, 2.05) is 20.8 Å². The van der Waals surface area contributed by atoms with Crippen LogP contribution in [-0.2, 0) is 5.54 Å². The molecule has 1 saturated heterocycles. The molecule has 0 spiro atoms. The first-order valence-corrected chi connectivity index (χ1v) is 7.50. The lowest BCUT2D eigenvalue weighted by Crippen LogP contribution is -2.46. The molecular weight excluding hydrogens is 252 g/mol. The molecule has 2 rings (SSSR count). The molecule has 5 nitrogen and oxygen atoms in total. The van der Waals surface area contributed by atoms with Gasteiger partial charge in [-0.15, -0.1) is 0 Å². The maximum Gasteiger partial charge on any atom is 0.293 e. The predicted molar refractivity (Wildman–Crippen MR) is 82.1 cm³/mol. The summed E-state index contributed by atoms with van der Waals surface area (Å²) >= 11 is 0. The van der Waals surface area contributed by atoms with Gasteiger partial charge in [0.05, 0.1) is 0 Å². The zero-order valence-corrected chi connectivity index (χ0v) is 12.8. The first-order chi connectivity index (χ1) is 9.45. The fourth-order valence-corrected chi connectivity index (χ4v) is 2.90. The van der Waals surface area contributed by atoms with Gasteiger partial charge >= 0.3 is 0 Å². The molecule has 1 aromatic heterocycles. The van der Waals surface area contributed by atoms with E-state index in [-0.39, 0.29) is 11.1 Å². The Labute approximate surface area is 120 Å². The van der Waals surface area contributed by atoms with Gasteiger partial charge in [0, 0.05) is 30.5 Å². The summed E-state index contributed by atoms with van der Waals surface area (Å²) in [7, 11) is 0. The molecule has 20 heavy (non-hydrogen) atoms. The van der Waals surface area contributed by atoms with E-state index in [1.54, 1.807) is 17.0 Å². The standard InChI is InChI=1S/C15H26N4O/c1-15(2,3)19-11-9-17-13(14(19)20)18-10-5-4-6-12(18)7-8-16/h9,11-12H,4-8,10,16H2,1-3H3. The minimum Gasteiger partial charge on any atom is -0.349 e. The molecule has 0 saturated carbocycles. The summed E-state index contributed by atoms with van der Waals surface area (Å²) in [5.41, 5.74) is 5.48. The van der Waals surface area contributed by atoms with E-state index in [0.717, 1.165) is 25.8 Å². The first kappa shape index (κ1) is 15.0. The van der Waals surface area contributed by atoms with Gasteiger partial charge in [-0.1, -0.05) is 0 Å². The van der Waals surface area contributed by atoms with Crippen LogP contribution >= 0.6 is 0 Å². The van der Waals surface area contributed by atoms with Gasteiger partial charge in [-0.05, 0) is 53.0 Å². The fourth-order valence-electron chi connectivity index (χ4n) is 2.90. The number of piperidine rings is 1. The van der Waals surface area contributed by atoms with Crippen LogP contribution in [0.25, 0.3) is 0 Å². The van der Waals surface area contributed by atoms with Gasteiger partial charge in [-0.25, -0.2) is 4.98 Å². The van der Waals surface area contributed by atoms with Gasteiger partial charge < -0.3 is 15.2 Å². The molecular formula is C15H26N4O. The Bertz CT molecular complexity index is 501. The molecule has 1 aromatic rings. The molecule has 0 amide bonds. The molecule has 2 N–H and O–H groups in total. The quantitative estimate of drug-likeness (QED) is 0.914. The van der Waals surface area contributed by atoms with Gasteiger partial charge in [0.25, 0.3) is 5.56 Å². The molecule has 1 atom stereocenters. The molecule has 1 fully saturated rings. The van der Waals surface area contributed by atoms with Crippen LogP contribution in [0, 0.1) is 0 Å². The van der Waals surface area contributed by atoms with Crippen molar-refractivity contribution in [3.63, 3.8) is 0 Å². The van der Waals surface area contributed by atoms with E-state index in [9.17, 15) is 4.79 Å². The van der Waals surface area contributed by atoms with E-state index in [2.05, 4.69) is 9.88 Å². The van der Waals surface area contributed by atoms with Crippen molar-refractivity contribution in [1.29, 1.82) is 0 Å². The van der Waals surface area contributed by atoms with Crippen molar-refractivity contribution in [1.82, 2.24) is 9.55 Å². The van der Waals surface area contributed by atoms with Crippen molar-refractivity contribution in [2.45, 2.75) is 58.0 Å². The highest BCUT2D eigenvalue weighted by Gasteiger charge is 2.26. The van der Waals surface area contributed by atoms with Crippen molar-refractivity contribution < 1.29 is 0 Å².